The van der Waals surface area contributed by atoms with Gasteiger partial charge in [-0.2, -0.15) is 0 Å². The molecule has 0 radical (unpaired) electrons. The average molecular weight is 527 g/mol. The molecule has 2 atom stereocenters. The first-order valence-electron chi connectivity index (χ1n) is 11.7. The van der Waals surface area contributed by atoms with Crippen LogP contribution < -0.4 is 0 Å². The van der Waals surface area contributed by atoms with Gasteiger partial charge in [-0.05, 0) is 11.1 Å². The molecule has 5 heteroatoms. The fourth-order valence-corrected chi connectivity index (χ4v) is 6.41. The van der Waals surface area contributed by atoms with Crippen LogP contribution in [0.4, 0.5) is 0 Å². The highest BCUT2D eigenvalue weighted by atomic mass is 32.2. The second-order valence-electron chi connectivity index (χ2n) is 8.26. The van der Waals surface area contributed by atoms with Crippen LogP contribution in [0.25, 0.3) is 0 Å². The zero-order valence-electron chi connectivity index (χ0n) is 19.7. The van der Waals surface area contributed by atoms with Gasteiger partial charge in [0, 0.05) is 22.6 Å². The van der Waals surface area contributed by atoms with Crippen molar-refractivity contribution in [1.29, 1.82) is 0 Å². The van der Waals surface area contributed by atoms with Crippen LogP contribution in [0, 0.1) is 0 Å². The first-order valence-corrected chi connectivity index (χ1v) is 14.1. The van der Waals surface area contributed by atoms with Crippen molar-refractivity contribution < 1.29 is 9.59 Å². The summed E-state index contributed by atoms with van der Waals surface area (Å²) >= 11 is 8.72. The highest BCUT2D eigenvalue weighted by Crippen LogP contribution is 2.32. The SMILES string of the molecule is O=C(c1ccccc1)C(CSC(=S)SCC(C(=O)c1ccccc1)c1ccccc1)c1ccccc1. The Morgan fingerprint density at radius 2 is 0.833 bits per heavy atom. The lowest BCUT2D eigenvalue weighted by atomic mass is 9.92. The van der Waals surface area contributed by atoms with Crippen molar-refractivity contribution in [3.63, 3.8) is 0 Å². The van der Waals surface area contributed by atoms with Crippen LogP contribution in [-0.2, 0) is 0 Å². The fraction of sp³-hybridized carbons (Fsp3) is 0.129. The zero-order valence-corrected chi connectivity index (χ0v) is 22.1. The van der Waals surface area contributed by atoms with Gasteiger partial charge < -0.3 is 0 Å². The minimum absolute atomic E-state index is 0.0866. The summed E-state index contributed by atoms with van der Waals surface area (Å²) in [7, 11) is 0. The molecule has 180 valence electrons. The number of carbonyl (C=O) groups excluding carboxylic acids is 2. The van der Waals surface area contributed by atoms with Gasteiger partial charge >= 0.3 is 0 Å². The number of thioether (sulfide) groups is 2. The first-order chi connectivity index (χ1) is 17.6. The van der Waals surface area contributed by atoms with E-state index in [1.807, 2.05) is 121 Å². The van der Waals surface area contributed by atoms with Gasteiger partial charge in [-0.25, -0.2) is 0 Å². The Morgan fingerprint density at radius 3 is 1.17 bits per heavy atom. The van der Waals surface area contributed by atoms with Crippen LogP contribution in [0.2, 0.25) is 0 Å². The number of rotatable bonds is 10. The summed E-state index contributed by atoms with van der Waals surface area (Å²) in [6.45, 7) is 0. The van der Waals surface area contributed by atoms with Crippen LogP contribution in [0.3, 0.4) is 0 Å². The van der Waals surface area contributed by atoms with E-state index in [4.69, 9.17) is 12.2 Å². The molecule has 0 aliphatic heterocycles. The van der Waals surface area contributed by atoms with E-state index in [1.54, 1.807) is 0 Å². The van der Waals surface area contributed by atoms with Gasteiger partial charge in [0.2, 0.25) is 0 Å². The summed E-state index contributed by atoms with van der Waals surface area (Å²) in [5.41, 5.74) is 3.35. The van der Waals surface area contributed by atoms with Gasteiger partial charge in [0.1, 0.15) is 3.53 Å². The third-order valence-corrected chi connectivity index (χ3v) is 8.77. The summed E-state index contributed by atoms with van der Waals surface area (Å²) in [5, 5.41) is 0. The number of thiocarbonyl (C=S) groups is 1. The molecule has 36 heavy (non-hydrogen) atoms. The van der Waals surface area contributed by atoms with Crippen molar-refractivity contribution in [1.82, 2.24) is 0 Å². The smallest absolute Gasteiger partial charge is 0.171 e. The second kappa shape index (κ2) is 13.4. The number of benzene rings is 4. The normalized spacial score (nSPS) is 12.4. The van der Waals surface area contributed by atoms with E-state index >= 15 is 0 Å². The Kier molecular flexibility index (Phi) is 9.68. The summed E-state index contributed by atoms with van der Waals surface area (Å²) in [5.74, 6) is 0.673. The Hall–Kier alpha value is -2.99. The molecular formula is C31H26O2S3. The van der Waals surface area contributed by atoms with E-state index in [1.165, 1.54) is 23.5 Å². The van der Waals surface area contributed by atoms with Crippen molar-refractivity contribution in [2.24, 2.45) is 0 Å². The Labute approximate surface area is 226 Å². The maximum Gasteiger partial charge on any atom is 0.171 e. The monoisotopic (exact) mass is 526 g/mol. The van der Waals surface area contributed by atoms with Crippen molar-refractivity contribution in [3.8, 4) is 0 Å². The number of hydrogen-bond acceptors (Lipinski definition) is 5. The molecule has 0 amide bonds. The molecule has 0 saturated carbocycles. The molecule has 0 saturated heterocycles. The average Bonchev–Trinajstić information content (AvgIpc) is 2.95. The second-order valence-corrected chi connectivity index (χ2v) is 11.5. The van der Waals surface area contributed by atoms with Gasteiger partial charge in [0.15, 0.2) is 11.6 Å². The summed E-state index contributed by atoms with van der Waals surface area (Å²) < 4.78 is 0.735. The zero-order chi connectivity index (χ0) is 25.2. The Balaban J connectivity index is 1.44. The van der Waals surface area contributed by atoms with Gasteiger partial charge in [-0.15, -0.1) is 23.5 Å². The maximum atomic E-state index is 13.3. The third-order valence-electron chi connectivity index (χ3n) is 5.89. The number of ketones is 2. The molecule has 4 aromatic rings. The van der Waals surface area contributed by atoms with E-state index in [-0.39, 0.29) is 23.4 Å². The van der Waals surface area contributed by atoms with Crippen molar-refractivity contribution in [3.05, 3.63) is 144 Å². The molecule has 0 aliphatic rings. The predicted octanol–water partition coefficient (Wildman–Crippen LogP) is 8.07. The number of Topliss-reactive ketones (excluding diaryl/α,β-unsaturated/α-hetero) is 2. The van der Waals surface area contributed by atoms with Gasteiger partial charge in [-0.3, -0.25) is 9.59 Å². The molecule has 4 rings (SSSR count). The van der Waals surface area contributed by atoms with Gasteiger partial charge in [0.25, 0.3) is 0 Å². The Morgan fingerprint density at radius 1 is 0.528 bits per heavy atom. The predicted molar refractivity (Wildman–Crippen MR) is 157 cm³/mol. The molecule has 2 unspecified atom stereocenters. The molecule has 0 fully saturated rings. The van der Waals surface area contributed by atoms with Crippen LogP contribution >= 0.6 is 35.7 Å². The molecule has 0 bridgehead atoms. The topological polar surface area (TPSA) is 34.1 Å². The van der Waals surface area contributed by atoms with Crippen molar-refractivity contribution >= 4 is 50.8 Å². The number of carbonyl (C=O) groups is 2. The lowest BCUT2D eigenvalue weighted by Crippen LogP contribution is -2.17. The molecule has 0 heterocycles. The van der Waals surface area contributed by atoms with Crippen molar-refractivity contribution in [2.45, 2.75) is 11.8 Å². The van der Waals surface area contributed by atoms with Crippen LogP contribution in [-0.4, -0.2) is 26.6 Å². The minimum Gasteiger partial charge on any atom is -0.293 e. The molecule has 0 aliphatic carbocycles. The molecule has 0 spiro atoms. The standard InChI is InChI=1S/C31H26O2S3/c32-29(25-17-9-3-10-18-25)27(23-13-5-1-6-14-23)21-35-31(34)36-22-28(24-15-7-2-8-16-24)30(33)26-19-11-4-12-20-26/h1-20,27-28H,21-22H2. The van der Waals surface area contributed by atoms with E-state index in [0.717, 1.165) is 14.7 Å². The summed E-state index contributed by atoms with van der Waals surface area (Å²) in [6.07, 6.45) is 0. The lowest BCUT2D eigenvalue weighted by molar-refractivity contribution is 0.0960. The highest BCUT2D eigenvalue weighted by Gasteiger charge is 2.25. The van der Waals surface area contributed by atoms with Gasteiger partial charge in [-0.1, -0.05) is 134 Å². The Bertz CT molecular complexity index is 1180. The van der Waals surface area contributed by atoms with E-state index in [0.29, 0.717) is 22.6 Å². The maximum absolute atomic E-state index is 13.3. The van der Waals surface area contributed by atoms with Crippen LogP contribution in [0.15, 0.2) is 121 Å². The quantitative estimate of drug-likeness (QED) is 0.154. The van der Waals surface area contributed by atoms with Crippen LogP contribution in [0.1, 0.15) is 43.7 Å². The first kappa shape index (κ1) is 26.1. The largest absolute Gasteiger partial charge is 0.293 e. The lowest BCUT2D eigenvalue weighted by Gasteiger charge is -2.18. The summed E-state index contributed by atoms with van der Waals surface area (Å²) in [6, 6.07) is 38.5. The molecular weight excluding hydrogens is 501 g/mol. The molecule has 2 nitrogen and oxygen atoms in total. The third kappa shape index (κ3) is 7.03. The molecule has 0 aromatic heterocycles. The highest BCUT2D eigenvalue weighted by molar-refractivity contribution is 8.47. The van der Waals surface area contributed by atoms with E-state index < -0.39 is 0 Å². The molecule has 4 aromatic carbocycles. The fourth-order valence-electron chi connectivity index (χ4n) is 3.97. The number of hydrogen-bond donors (Lipinski definition) is 0. The summed E-state index contributed by atoms with van der Waals surface area (Å²) in [4.78, 5) is 26.7. The van der Waals surface area contributed by atoms with Crippen LogP contribution in [0.5, 0.6) is 0 Å². The van der Waals surface area contributed by atoms with E-state index in [9.17, 15) is 9.59 Å². The van der Waals surface area contributed by atoms with E-state index in [2.05, 4.69) is 0 Å². The molecule has 0 N–H and O–H groups in total. The van der Waals surface area contributed by atoms with Crippen molar-refractivity contribution in [2.75, 3.05) is 11.5 Å². The minimum atomic E-state index is -0.298. The van der Waals surface area contributed by atoms with Gasteiger partial charge in [0.05, 0.1) is 11.8 Å².